The van der Waals surface area contributed by atoms with Crippen LogP contribution in [0.2, 0.25) is 0 Å². The molecular weight excluding hydrogens is 478 g/mol. The number of aliphatic hydroxyl groups excluding tert-OH is 1. The minimum absolute atomic E-state index is 0.0443. The number of amides is 1. The van der Waals surface area contributed by atoms with E-state index in [-0.39, 0.29) is 24.8 Å². The highest BCUT2D eigenvalue weighted by atomic mass is 32.1. The van der Waals surface area contributed by atoms with Crippen molar-refractivity contribution in [1.82, 2.24) is 9.88 Å². The zero-order valence-corrected chi connectivity index (χ0v) is 20.9. The van der Waals surface area contributed by atoms with Crippen molar-refractivity contribution in [3.63, 3.8) is 0 Å². The number of thiazole rings is 1. The number of carbonyl (C=O) groups is 1. The van der Waals surface area contributed by atoms with Crippen molar-refractivity contribution >= 4 is 22.4 Å². The lowest BCUT2D eigenvalue weighted by molar-refractivity contribution is -0.118. The van der Waals surface area contributed by atoms with Crippen LogP contribution in [-0.4, -0.2) is 54.0 Å². The Labute approximate surface area is 213 Å². The molecule has 188 valence electrons. The summed E-state index contributed by atoms with van der Waals surface area (Å²) in [6, 6.07) is 13.7. The summed E-state index contributed by atoms with van der Waals surface area (Å²) in [4.78, 5) is 21.4. The second-order valence-corrected chi connectivity index (χ2v) is 10.6. The van der Waals surface area contributed by atoms with Gasteiger partial charge in [0.25, 0.3) is 0 Å². The van der Waals surface area contributed by atoms with Crippen LogP contribution in [0.15, 0.2) is 48.7 Å². The molecule has 1 aromatic heterocycles. The Morgan fingerprint density at radius 2 is 1.97 bits per heavy atom. The van der Waals surface area contributed by atoms with Gasteiger partial charge >= 0.3 is 0 Å². The largest absolute Gasteiger partial charge is 0.496 e. The number of methoxy groups -OCH3 is 1. The van der Waals surface area contributed by atoms with Gasteiger partial charge in [-0.3, -0.25) is 9.69 Å². The molecule has 8 nitrogen and oxygen atoms in total. The van der Waals surface area contributed by atoms with Gasteiger partial charge in [-0.2, -0.15) is 0 Å². The Balaban J connectivity index is 1.25. The van der Waals surface area contributed by atoms with Gasteiger partial charge < -0.3 is 24.6 Å². The normalized spacial score (nSPS) is 19.6. The molecule has 1 amide bonds. The standard InChI is InChI=1S/C27H29N3O5S/c1-33-20-5-3-2-4-19(20)24(30-12-8-18(31)9-13-30)23-15-28-26(36-23)29-25(32)27(10-11-27)17-6-7-21-22(14-17)35-16-34-21/h2-7,14-15,18,24,31H,8-13,16H2,1H3,(H,28,29,32). The third kappa shape index (κ3) is 4.21. The average Bonchev–Trinajstić information content (AvgIpc) is 3.37. The van der Waals surface area contributed by atoms with Gasteiger partial charge in [-0.1, -0.05) is 35.6 Å². The van der Waals surface area contributed by atoms with Gasteiger partial charge in [0.05, 0.1) is 24.7 Å². The molecule has 9 heteroatoms. The number of carbonyl (C=O) groups excluding carboxylic acids is 1. The average molecular weight is 508 g/mol. The van der Waals surface area contributed by atoms with Gasteiger partial charge in [0.15, 0.2) is 16.6 Å². The summed E-state index contributed by atoms with van der Waals surface area (Å²) in [6.45, 7) is 1.76. The number of benzene rings is 2. The van der Waals surface area contributed by atoms with Crippen LogP contribution in [-0.2, 0) is 10.2 Å². The van der Waals surface area contributed by atoms with Crippen molar-refractivity contribution in [2.75, 3.05) is 32.3 Å². The Morgan fingerprint density at radius 1 is 1.19 bits per heavy atom. The molecule has 6 rings (SSSR count). The molecular formula is C27H29N3O5S. The van der Waals surface area contributed by atoms with Gasteiger partial charge in [0.2, 0.25) is 12.7 Å². The molecule has 2 aliphatic heterocycles. The number of likely N-dealkylation sites (tertiary alicyclic amines) is 1. The Hall–Kier alpha value is -3.14. The van der Waals surface area contributed by atoms with Gasteiger partial charge in [-0.25, -0.2) is 4.98 Å². The number of anilines is 1. The molecule has 3 heterocycles. The lowest BCUT2D eigenvalue weighted by Gasteiger charge is -2.36. The first-order valence-electron chi connectivity index (χ1n) is 12.3. The number of hydrogen-bond acceptors (Lipinski definition) is 8. The van der Waals surface area contributed by atoms with E-state index in [0.717, 1.165) is 60.5 Å². The lowest BCUT2D eigenvalue weighted by atomic mass is 9.94. The molecule has 1 saturated carbocycles. The predicted molar refractivity (Wildman–Crippen MR) is 136 cm³/mol. The third-order valence-corrected chi connectivity index (χ3v) is 8.39. The Kier molecular flexibility index (Phi) is 6.07. The molecule has 3 aliphatic rings. The summed E-state index contributed by atoms with van der Waals surface area (Å²) in [5.41, 5.74) is 1.44. The Bertz CT molecular complexity index is 1270. The van der Waals surface area contributed by atoms with Gasteiger partial charge in [0, 0.05) is 29.7 Å². The first-order chi connectivity index (χ1) is 17.6. The molecule has 1 atom stereocenters. The molecule has 36 heavy (non-hydrogen) atoms. The number of nitrogens with one attached hydrogen (secondary N) is 1. The maximum atomic E-state index is 13.4. The van der Waals surface area contributed by atoms with Crippen molar-refractivity contribution in [1.29, 1.82) is 0 Å². The van der Waals surface area contributed by atoms with Crippen LogP contribution < -0.4 is 19.5 Å². The number of hydrogen-bond donors (Lipinski definition) is 2. The molecule has 1 aliphatic carbocycles. The van der Waals surface area contributed by atoms with E-state index in [4.69, 9.17) is 14.2 Å². The van der Waals surface area contributed by atoms with E-state index >= 15 is 0 Å². The first kappa shape index (κ1) is 23.3. The van der Waals surface area contributed by atoms with Gasteiger partial charge in [0.1, 0.15) is 5.75 Å². The van der Waals surface area contributed by atoms with Crippen molar-refractivity contribution in [2.45, 2.75) is 43.2 Å². The van der Waals surface area contributed by atoms with Crippen LogP contribution in [0, 0.1) is 0 Å². The van der Waals surface area contributed by atoms with Crippen LogP contribution >= 0.6 is 11.3 Å². The third-order valence-electron chi connectivity index (χ3n) is 7.42. The summed E-state index contributed by atoms with van der Waals surface area (Å²) in [5, 5.41) is 13.7. The van der Waals surface area contributed by atoms with Gasteiger partial charge in [-0.15, -0.1) is 0 Å². The number of para-hydroxylation sites is 1. The topological polar surface area (TPSA) is 93.2 Å². The van der Waals surface area contributed by atoms with Crippen LogP contribution in [0.5, 0.6) is 17.2 Å². The fraction of sp³-hybridized carbons (Fsp3) is 0.407. The summed E-state index contributed by atoms with van der Waals surface area (Å²) < 4.78 is 16.6. The smallest absolute Gasteiger partial charge is 0.236 e. The second kappa shape index (κ2) is 9.38. The van der Waals surface area contributed by atoms with E-state index < -0.39 is 5.41 Å². The number of rotatable bonds is 7. The van der Waals surface area contributed by atoms with Crippen LogP contribution in [0.4, 0.5) is 5.13 Å². The number of aliphatic hydroxyl groups is 1. The van der Waals surface area contributed by atoms with Gasteiger partial charge in [-0.05, 0) is 49.4 Å². The minimum atomic E-state index is -0.558. The van der Waals surface area contributed by atoms with Crippen molar-refractivity contribution in [3.05, 3.63) is 64.7 Å². The molecule has 1 unspecified atom stereocenters. The quantitative estimate of drug-likeness (QED) is 0.497. The molecule has 3 aromatic rings. The molecule has 0 bridgehead atoms. The van der Waals surface area contributed by atoms with Crippen LogP contribution in [0.1, 0.15) is 47.7 Å². The molecule has 0 radical (unpaired) electrons. The molecule has 1 saturated heterocycles. The van der Waals surface area contributed by atoms with Crippen molar-refractivity contribution in [3.8, 4) is 17.2 Å². The number of piperidine rings is 1. The van der Waals surface area contributed by atoms with E-state index in [1.165, 1.54) is 11.3 Å². The lowest BCUT2D eigenvalue weighted by Crippen LogP contribution is -2.38. The SMILES string of the molecule is COc1ccccc1C(c1cnc(NC(=O)C2(c3ccc4c(c3)OCO4)CC2)s1)N1CCC(O)CC1. The van der Waals surface area contributed by atoms with E-state index in [0.29, 0.717) is 16.6 Å². The van der Waals surface area contributed by atoms with E-state index in [1.807, 2.05) is 42.6 Å². The molecule has 2 fully saturated rings. The highest BCUT2D eigenvalue weighted by Crippen LogP contribution is 2.51. The van der Waals surface area contributed by atoms with Crippen LogP contribution in [0.25, 0.3) is 0 Å². The number of nitrogens with zero attached hydrogens (tertiary/aromatic N) is 2. The van der Waals surface area contributed by atoms with Crippen LogP contribution in [0.3, 0.4) is 0 Å². The second-order valence-electron chi connectivity index (χ2n) is 9.58. The summed E-state index contributed by atoms with van der Waals surface area (Å²) in [5.74, 6) is 2.17. The molecule has 0 spiro atoms. The van der Waals surface area contributed by atoms with Crippen molar-refractivity contribution < 1.29 is 24.1 Å². The number of aromatic nitrogens is 1. The van der Waals surface area contributed by atoms with Crippen molar-refractivity contribution in [2.24, 2.45) is 0 Å². The molecule has 2 aromatic carbocycles. The van der Waals surface area contributed by atoms with E-state index in [2.05, 4.69) is 21.3 Å². The zero-order valence-electron chi connectivity index (χ0n) is 20.1. The maximum Gasteiger partial charge on any atom is 0.236 e. The number of ether oxygens (including phenoxy) is 3. The Morgan fingerprint density at radius 3 is 2.75 bits per heavy atom. The highest BCUT2D eigenvalue weighted by Gasteiger charge is 2.52. The summed E-state index contributed by atoms with van der Waals surface area (Å²) in [6.07, 6.45) is 4.62. The monoisotopic (exact) mass is 507 g/mol. The maximum absolute atomic E-state index is 13.4. The molecule has 2 N–H and O–H groups in total. The minimum Gasteiger partial charge on any atom is -0.496 e. The number of fused-ring (bicyclic) bond motifs is 1. The fourth-order valence-corrected chi connectivity index (χ4v) is 6.19. The summed E-state index contributed by atoms with van der Waals surface area (Å²) >= 11 is 1.49. The zero-order chi connectivity index (χ0) is 24.7. The van der Waals surface area contributed by atoms with E-state index in [9.17, 15) is 9.90 Å². The first-order valence-corrected chi connectivity index (χ1v) is 13.1. The fourth-order valence-electron chi connectivity index (χ4n) is 5.22. The predicted octanol–water partition coefficient (Wildman–Crippen LogP) is 4.10. The highest BCUT2D eigenvalue weighted by molar-refractivity contribution is 7.15. The summed E-state index contributed by atoms with van der Waals surface area (Å²) in [7, 11) is 1.68. The van der Waals surface area contributed by atoms with E-state index in [1.54, 1.807) is 7.11 Å².